The van der Waals surface area contributed by atoms with Gasteiger partial charge in [-0.15, -0.1) is 0 Å². The van der Waals surface area contributed by atoms with Gasteiger partial charge in [0.2, 0.25) is 0 Å². The van der Waals surface area contributed by atoms with Crippen LogP contribution >= 0.6 is 0 Å². The predicted molar refractivity (Wildman–Crippen MR) is 125 cm³/mol. The van der Waals surface area contributed by atoms with Crippen molar-refractivity contribution in [3.63, 3.8) is 0 Å². The predicted octanol–water partition coefficient (Wildman–Crippen LogP) is 3.25. The summed E-state index contributed by atoms with van der Waals surface area (Å²) in [6.07, 6.45) is -0.401. The average molecular weight is 467 g/mol. The van der Waals surface area contributed by atoms with Crippen LogP contribution in [0.1, 0.15) is 36.8 Å². The van der Waals surface area contributed by atoms with E-state index in [9.17, 15) is 19.5 Å². The molecular weight excluding hydrogens is 436 g/mol. The highest BCUT2D eigenvalue weighted by atomic mass is 16.5. The molecule has 3 atom stereocenters. The van der Waals surface area contributed by atoms with E-state index in [-0.39, 0.29) is 25.0 Å². The lowest BCUT2D eigenvalue weighted by Gasteiger charge is -2.39. The van der Waals surface area contributed by atoms with Crippen LogP contribution in [0.3, 0.4) is 0 Å². The second-order valence-electron chi connectivity index (χ2n) is 8.79. The minimum absolute atomic E-state index is 0.0554. The molecule has 2 amide bonds. The van der Waals surface area contributed by atoms with Gasteiger partial charge in [0.1, 0.15) is 6.61 Å². The van der Waals surface area contributed by atoms with Crippen molar-refractivity contribution in [2.24, 2.45) is 5.92 Å². The van der Waals surface area contributed by atoms with Gasteiger partial charge in [0.15, 0.2) is 6.10 Å². The molecule has 1 aliphatic heterocycles. The molecule has 0 aromatic heterocycles. The Balaban J connectivity index is 1.34. The second kappa shape index (κ2) is 10.3. The highest BCUT2D eigenvalue weighted by Gasteiger charge is 2.38. The quantitative estimate of drug-likeness (QED) is 0.649. The first-order valence-electron chi connectivity index (χ1n) is 11.6. The van der Waals surface area contributed by atoms with Crippen molar-refractivity contribution in [2.75, 3.05) is 26.8 Å². The molecule has 0 radical (unpaired) electrons. The van der Waals surface area contributed by atoms with E-state index in [0.717, 1.165) is 22.3 Å². The van der Waals surface area contributed by atoms with Gasteiger partial charge in [-0.3, -0.25) is 9.59 Å². The highest BCUT2D eigenvalue weighted by molar-refractivity contribution is 5.83. The Bertz CT molecular complexity index is 1030. The summed E-state index contributed by atoms with van der Waals surface area (Å²) >= 11 is 0. The average Bonchev–Trinajstić information content (AvgIpc) is 3.16. The van der Waals surface area contributed by atoms with Crippen molar-refractivity contribution >= 4 is 18.0 Å². The van der Waals surface area contributed by atoms with Crippen molar-refractivity contribution in [3.8, 4) is 11.1 Å². The first-order valence-corrected chi connectivity index (χ1v) is 11.6. The summed E-state index contributed by atoms with van der Waals surface area (Å²) in [5, 5.41) is 12.0. The van der Waals surface area contributed by atoms with Crippen molar-refractivity contribution in [1.29, 1.82) is 0 Å². The number of amides is 2. The summed E-state index contributed by atoms with van der Waals surface area (Å²) < 4.78 is 10.8. The number of alkyl carbamates (subject to hydrolysis) is 1. The first-order chi connectivity index (χ1) is 16.4. The zero-order valence-electron chi connectivity index (χ0n) is 19.4. The molecular formula is C26H30N2O6. The van der Waals surface area contributed by atoms with Gasteiger partial charge in [0.25, 0.3) is 5.91 Å². The first kappa shape index (κ1) is 23.8. The van der Waals surface area contributed by atoms with Crippen molar-refractivity contribution in [3.05, 3.63) is 59.7 Å². The van der Waals surface area contributed by atoms with E-state index in [2.05, 4.69) is 17.4 Å². The number of benzene rings is 2. The van der Waals surface area contributed by atoms with E-state index in [1.165, 1.54) is 12.0 Å². The summed E-state index contributed by atoms with van der Waals surface area (Å²) in [4.78, 5) is 38.5. The van der Waals surface area contributed by atoms with E-state index in [1.54, 1.807) is 6.92 Å². The van der Waals surface area contributed by atoms with E-state index in [0.29, 0.717) is 19.4 Å². The molecule has 1 aliphatic carbocycles. The summed E-state index contributed by atoms with van der Waals surface area (Å²) in [7, 11) is 1.39. The number of carbonyl (C=O) groups is 3. The van der Waals surface area contributed by atoms with Gasteiger partial charge in [-0.05, 0) is 42.0 Å². The number of hydrogen-bond donors (Lipinski definition) is 2. The largest absolute Gasteiger partial charge is 0.481 e. The number of carboxylic acids is 1. The Kier molecular flexibility index (Phi) is 7.17. The molecule has 1 heterocycles. The maximum atomic E-state index is 13.0. The molecule has 1 saturated heterocycles. The molecule has 2 aromatic rings. The van der Waals surface area contributed by atoms with E-state index in [4.69, 9.17) is 9.47 Å². The number of carboxylic acid groups (broad SMARTS) is 1. The molecule has 0 spiro atoms. The van der Waals surface area contributed by atoms with Crippen molar-refractivity contribution < 1.29 is 29.0 Å². The summed E-state index contributed by atoms with van der Waals surface area (Å²) in [5.41, 5.74) is 4.53. The molecule has 180 valence electrons. The second-order valence-corrected chi connectivity index (χ2v) is 8.79. The molecule has 2 aromatic carbocycles. The third-order valence-electron chi connectivity index (χ3n) is 6.92. The van der Waals surface area contributed by atoms with Crippen LogP contribution < -0.4 is 5.32 Å². The molecule has 2 aliphatic rings. The van der Waals surface area contributed by atoms with E-state index < -0.39 is 30.1 Å². The van der Waals surface area contributed by atoms with Gasteiger partial charge in [0.05, 0.1) is 12.5 Å². The Morgan fingerprint density at radius 1 is 1.09 bits per heavy atom. The molecule has 8 nitrogen and oxygen atoms in total. The molecule has 0 bridgehead atoms. The topological polar surface area (TPSA) is 105 Å². The molecule has 1 fully saturated rings. The fourth-order valence-electron chi connectivity index (χ4n) is 5.07. The molecule has 3 unspecified atom stereocenters. The van der Waals surface area contributed by atoms with Gasteiger partial charge < -0.3 is 24.8 Å². The number of methoxy groups -OCH3 is 1. The Labute approximate surface area is 198 Å². The zero-order chi connectivity index (χ0) is 24.2. The molecule has 34 heavy (non-hydrogen) atoms. The lowest BCUT2D eigenvalue weighted by Crippen LogP contribution is -2.54. The lowest BCUT2D eigenvalue weighted by molar-refractivity contribution is -0.153. The maximum Gasteiger partial charge on any atom is 0.407 e. The number of hydrogen-bond acceptors (Lipinski definition) is 5. The summed E-state index contributed by atoms with van der Waals surface area (Å²) in [6, 6.07) is 15.7. The number of nitrogens with zero attached hydrogens (tertiary/aromatic N) is 1. The van der Waals surface area contributed by atoms with Crippen LogP contribution in [0.5, 0.6) is 0 Å². The molecule has 0 saturated carbocycles. The highest BCUT2D eigenvalue weighted by Crippen LogP contribution is 2.44. The zero-order valence-corrected chi connectivity index (χ0v) is 19.4. The number of rotatable bonds is 7. The SMILES string of the molecule is COC(CNC(=O)OCC1c2ccccc2-c2ccccc21)C(=O)N1CCCC(C(=O)O)C1C. The van der Waals surface area contributed by atoms with Crippen LogP contribution in [0, 0.1) is 5.92 Å². The Morgan fingerprint density at radius 3 is 2.29 bits per heavy atom. The van der Waals surface area contributed by atoms with Gasteiger partial charge in [-0.25, -0.2) is 4.79 Å². The van der Waals surface area contributed by atoms with Crippen molar-refractivity contribution in [2.45, 2.75) is 37.8 Å². The number of aliphatic carboxylic acids is 1. The summed E-state index contributed by atoms with van der Waals surface area (Å²) in [5.74, 6) is -1.90. The number of fused-ring (bicyclic) bond motifs is 3. The fourth-order valence-corrected chi connectivity index (χ4v) is 5.07. The van der Waals surface area contributed by atoms with Crippen LogP contribution in [-0.4, -0.2) is 66.9 Å². The van der Waals surface area contributed by atoms with Crippen molar-refractivity contribution in [1.82, 2.24) is 10.2 Å². The standard InChI is InChI=1S/C26H30N2O6/c1-16-17(25(30)31)12-7-13-28(16)24(29)23(33-2)14-27-26(32)34-15-22-20-10-5-3-8-18(20)19-9-4-6-11-21(19)22/h3-6,8-11,16-17,22-23H,7,12-15H2,1-2H3,(H,27,32)(H,30,31). The van der Waals surface area contributed by atoms with Crippen LogP contribution in [0.15, 0.2) is 48.5 Å². The molecule has 2 N–H and O–H groups in total. The lowest BCUT2D eigenvalue weighted by atomic mass is 9.90. The normalized spacial score (nSPS) is 20.2. The van der Waals surface area contributed by atoms with Crippen LogP contribution in [-0.2, 0) is 19.1 Å². The monoisotopic (exact) mass is 466 g/mol. The minimum atomic E-state index is -0.921. The van der Waals surface area contributed by atoms with Crippen LogP contribution in [0.25, 0.3) is 11.1 Å². The van der Waals surface area contributed by atoms with Gasteiger partial charge in [-0.2, -0.15) is 0 Å². The van der Waals surface area contributed by atoms with Gasteiger partial charge >= 0.3 is 12.1 Å². The van der Waals surface area contributed by atoms with Gasteiger partial charge in [0, 0.05) is 25.6 Å². The van der Waals surface area contributed by atoms with E-state index >= 15 is 0 Å². The third-order valence-corrected chi connectivity index (χ3v) is 6.92. The minimum Gasteiger partial charge on any atom is -0.481 e. The molecule has 4 rings (SSSR count). The maximum absolute atomic E-state index is 13.0. The van der Waals surface area contributed by atoms with Gasteiger partial charge in [-0.1, -0.05) is 48.5 Å². The molecule has 8 heteroatoms. The number of nitrogens with one attached hydrogen (secondary N) is 1. The Hall–Kier alpha value is -3.39. The third kappa shape index (κ3) is 4.63. The van der Waals surface area contributed by atoms with Crippen LogP contribution in [0.4, 0.5) is 4.79 Å². The fraction of sp³-hybridized carbons (Fsp3) is 0.423. The van der Waals surface area contributed by atoms with E-state index in [1.807, 2.05) is 36.4 Å². The number of ether oxygens (including phenoxy) is 2. The Morgan fingerprint density at radius 2 is 1.71 bits per heavy atom. The number of piperidine rings is 1. The van der Waals surface area contributed by atoms with Crippen LogP contribution in [0.2, 0.25) is 0 Å². The smallest absolute Gasteiger partial charge is 0.407 e. The number of likely N-dealkylation sites (tertiary alicyclic amines) is 1. The summed E-state index contributed by atoms with van der Waals surface area (Å²) in [6.45, 7) is 2.32. The number of carbonyl (C=O) groups excluding carboxylic acids is 2.